The van der Waals surface area contributed by atoms with Gasteiger partial charge in [0.1, 0.15) is 0 Å². The van der Waals surface area contributed by atoms with Gasteiger partial charge in [0.15, 0.2) is 0 Å². The van der Waals surface area contributed by atoms with Crippen molar-refractivity contribution in [3.8, 4) is 0 Å². The first-order valence-electron chi connectivity index (χ1n) is 8.15. The minimum atomic E-state index is 0.142. The molecule has 0 bridgehead atoms. The van der Waals surface area contributed by atoms with E-state index in [0.29, 0.717) is 0 Å². The van der Waals surface area contributed by atoms with Crippen molar-refractivity contribution < 1.29 is 0 Å². The highest BCUT2D eigenvalue weighted by Gasteiger charge is 2.23. The van der Waals surface area contributed by atoms with Crippen LogP contribution in [0.15, 0.2) is 24.3 Å². The van der Waals surface area contributed by atoms with Gasteiger partial charge in [-0.15, -0.1) is 0 Å². The Morgan fingerprint density at radius 3 is 2.30 bits per heavy atom. The second kappa shape index (κ2) is 7.24. The lowest BCUT2D eigenvalue weighted by molar-refractivity contribution is 0.134. The third kappa shape index (κ3) is 4.32. The predicted molar refractivity (Wildman–Crippen MR) is 86.8 cm³/mol. The molecule has 0 amide bonds. The van der Waals surface area contributed by atoms with E-state index in [1.165, 1.54) is 37.1 Å². The van der Waals surface area contributed by atoms with Crippen LogP contribution >= 0.6 is 0 Å². The number of rotatable bonds is 5. The summed E-state index contributed by atoms with van der Waals surface area (Å²) in [5, 5.41) is 0. The smallest absolute Gasteiger partial charge is 0.0424 e. The molecule has 0 aromatic heterocycles. The third-order valence-electron chi connectivity index (χ3n) is 4.35. The summed E-state index contributed by atoms with van der Waals surface area (Å²) in [6.45, 7) is 10.3. The molecule has 2 rings (SSSR count). The molecule has 1 heterocycles. The molecule has 3 atom stereocenters. The number of benzene rings is 1. The first-order chi connectivity index (χ1) is 9.58. The van der Waals surface area contributed by atoms with Crippen molar-refractivity contribution >= 4 is 0 Å². The summed E-state index contributed by atoms with van der Waals surface area (Å²) < 4.78 is 0. The van der Waals surface area contributed by atoms with Gasteiger partial charge in [-0.05, 0) is 35.8 Å². The van der Waals surface area contributed by atoms with E-state index in [1.54, 1.807) is 0 Å². The van der Waals surface area contributed by atoms with Crippen molar-refractivity contribution in [2.45, 2.75) is 46.1 Å². The van der Waals surface area contributed by atoms with Crippen molar-refractivity contribution in [3.05, 3.63) is 35.4 Å². The van der Waals surface area contributed by atoms with Gasteiger partial charge in [-0.3, -0.25) is 0 Å². The fourth-order valence-corrected chi connectivity index (χ4v) is 3.54. The van der Waals surface area contributed by atoms with Crippen molar-refractivity contribution in [3.63, 3.8) is 0 Å². The quantitative estimate of drug-likeness (QED) is 0.888. The summed E-state index contributed by atoms with van der Waals surface area (Å²) in [6, 6.07) is 9.04. The molecule has 1 fully saturated rings. The van der Waals surface area contributed by atoms with Gasteiger partial charge in [0.2, 0.25) is 0 Å². The standard InChI is InChI=1S/C18H30N2/c1-4-5-16-6-8-17(9-7-16)18(19)13-20-11-14(2)10-15(3)12-20/h6-9,14-15,18H,4-5,10-13,19H2,1-3H3. The molecule has 0 spiro atoms. The average molecular weight is 274 g/mol. The van der Waals surface area contributed by atoms with Crippen LogP contribution in [0.3, 0.4) is 0 Å². The zero-order chi connectivity index (χ0) is 14.5. The van der Waals surface area contributed by atoms with Crippen LogP contribution in [0, 0.1) is 11.8 Å². The second-order valence-corrected chi connectivity index (χ2v) is 6.76. The van der Waals surface area contributed by atoms with E-state index < -0.39 is 0 Å². The van der Waals surface area contributed by atoms with Crippen LogP contribution in [0.5, 0.6) is 0 Å². The van der Waals surface area contributed by atoms with E-state index in [2.05, 4.69) is 49.9 Å². The molecule has 0 aliphatic carbocycles. The Hall–Kier alpha value is -0.860. The van der Waals surface area contributed by atoms with Crippen LogP contribution in [-0.2, 0) is 6.42 Å². The van der Waals surface area contributed by atoms with Crippen molar-refractivity contribution in [2.75, 3.05) is 19.6 Å². The Kier molecular flexibility index (Phi) is 5.62. The number of nitrogens with zero attached hydrogens (tertiary/aromatic N) is 1. The molecule has 1 aliphatic rings. The summed E-state index contributed by atoms with van der Waals surface area (Å²) in [4.78, 5) is 2.55. The van der Waals surface area contributed by atoms with E-state index in [-0.39, 0.29) is 6.04 Å². The molecule has 1 saturated heterocycles. The molecule has 0 radical (unpaired) electrons. The molecule has 20 heavy (non-hydrogen) atoms. The summed E-state index contributed by atoms with van der Waals surface area (Å²) in [5.74, 6) is 1.61. The van der Waals surface area contributed by atoms with E-state index in [4.69, 9.17) is 5.73 Å². The maximum Gasteiger partial charge on any atom is 0.0424 e. The number of aryl methyl sites for hydroxylation is 1. The molecule has 2 heteroatoms. The molecule has 2 N–H and O–H groups in total. The van der Waals surface area contributed by atoms with Crippen LogP contribution in [-0.4, -0.2) is 24.5 Å². The molecule has 2 nitrogen and oxygen atoms in total. The Bertz CT molecular complexity index is 388. The Balaban J connectivity index is 1.92. The van der Waals surface area contributed by atoms with Crippen molar-refractivity contribution in [1.82, 2.24) is 4.90 Å². The summed E-state index contributed by atoms with van der Waals surface area (Å²) in [7, 11) is 0. The highest BCUT2D eigenvalue weighted by Crippen LogP contribution is 2.23. The predicted octanol–water partition coefficient (Wildman–Crippen LogP) is 3.62. The molecule has 3 unspecified atom stereocenters. The lowest BCUT2D eigenvalue weighted by Gasteiger charge is -2.36. The highest BCUT2D eigenvalue weighted by molar-refractivity contribution is 5.25. The van der Waals surface area contributed by atoms with Gasteiger partial charge in [-0.1, -0.05) is 51.5 Å². The van der Waals surface area contributed by atoms with Crippen LogP contribution in [0.25, 0.3) is 0 Å². The van der Waals surface area contributed by atoms with Crippen molar-refractivity contribution in [1.29, 1.82) is 0 Å². The Morgan fingerprint density at radius 1 is 1.15 bits per heavy atom. The Morgan fingerprint density at radius 2 is 1.75 bits per heavy atom. The van der Waals surface area contributed by atoms with Gasteiger partial charge in [-0.2, -0.15) is 0 Å². The normalized spacial score (nSPS) is 25.6. The Labute approximate surface area is 124 Å². The van der Waals surface area contributed by atoms with E-state index in [9.17, 15) is 0 Å². The molecule has 0 saturated carbocycles. The maximum absolute atomic E-state index is 6.40. The topological polar surface area (TPSA) is 29.3 Å². The average Bonchev–Trinajstić information content (AvgIpc) is 2.38. The van der Waals surface area contributed by atoms with E-state index >= 15 is 0 Å². The lowest BCUT2D eigenvalue weighted by atomic mass is 9.91. The fraction of sp³-hybridized carbons (Fsp3) is 0.667. The van der Waals surface area contributed by atoms with Gasteiger partial charge in [0.05, 0.1) is 0 Å². The van der Waals surface area contributed by atoms with E-state index in [1.807, 2.05) is 0 Å². The second-order valence-electron chi connectivity index (χ2n) is 6.76. The molecular formula is C18H30N2. The fourth-order valence-electron chi connectivity index (χ4n) is 3.54. The first kappa shape index (κ1) is 15.5. The lowest BCUT2D eigenvalue weighted by Crippen LogP contribution is -2.42. The molecule has 1 aromatic carbocycles. The van der Waals surface area contributed by atoms with Crippen LogP contribution in [0.2, 0.25) is 0 Å². The number of piperidine rings is 1. The monoisotopic (exact) mass is 274 g/mol. The number of nitrogens with two attached hydrogens (primary N) is 1. The van der Waals surface area contributed by atoms with Gasteiger partial charge in [0, 0.05) is 25.7 Å². The van der Waals surface area contributed by atoms with Gasteiger partial charge < -0.3 is 10.6 Å². The molecule has 1 aromatic rings. The summed E-state index contributed by atoms with van der Waals surface area (Å²) >= 11 is 0. The molecule has 1 aliphatic heterocycles. The summed E-state index contributed by atoms with van der Waals surface area (Å²) in [5.41, 5.74) is 9.09. The van der Waals surface area contributed by atoms with Gasteiger partial charge >= 0.3 is 0 Å². The third-order valence-corrected chi connectivity index (χ3v) is 4.35. The summed E-state index contributed by atoms with van der Waals surface area (Å²) in [6.07, 6.45) is 3.73. The molecular weight excluding hydrogens is 244 g/mol. The van der Waals surface area contributed by atoms with Crippen molar-refractivity contribution in [2.24, 2.45) is 17.6 Å². The number of hydrogen-bond donors (Lipinski definition) is 1. The maximum atomic E-state index is 6.40. The first-order valence-corrected chi connectivity index (χ1v) is 8.15. The zero-order valence-electron chi connectivity index (χ0n) is 13.3. The zero-order valence-corrected chi connectivity index (χ0v) is 13.3. The number of hydrogen-bond acceptors (Lipinski definition) is 2. The van der Waals surface area contributed by atoms with Gasteiger partial charge in [0.25, 0.3) is 0 Å². The number of likely N-dealkylation sites (tertiary alicyclic amines) is 1. The highest BCUT2D eigenvalue weighted by atomic mass is 15.1. The minimum absolute atomic E-state index is 0.142. The largest absolute Gasteiger partial charge is 0.323 e. The minimum Gasteiger partial charge on any atom is -0.323 e. The van der Waals surface area contributed by atoms with Gasteiger partial charge in [-0.25, -0.2) is 0 Å². The SMILES string of the molecule is CCCc1ccc(C(N)CN2CC(C)CC(C)C2)cc1. The molecule has 112 valence electrons. The van der Waals surface area contributed by atoms with E-state index in [0.717, 1.165) is 24.8 Å². The van der Waals surface area contributed by atoms with Crippen LogP contribution in [0.4, 0.5) is 0 Å². The van der Waals surface area contributed by atoms with Crippen LogP contribution < -0.4 is 5.73 Å². The van der Waals surface area contributed by atoms with Crippen LogP contribution in [0.1, 0.15) is 50.8 Å².